The minimum absolute atomic E-state index is 0.0652. The van der Waals surface area contributed by atoms with Crippen molar-refractivity contribution >= 4 is 11.6 Å². The Morgan fingerprint density at radius 2 is 1.74 bits per heavy atom. The number of benzene rings is 2. The molecule has 1 atom stereocenters. The summed E-state index contributed by atoms with van der Waals surface area (Å²) in [5.74, 6) is 1.25. The Morgan fingerprint density at radius 3 is 2.48 bits per heavy atom. The van der Waals surface area contributed by atoms with Crippen molar-refractivity contribution in [3.63, 3.8) is 0 Å². The van der Waals surface area contributed by atoms with Crippen molar-refractivity contribution in [3.05, 3.63) is 54.1 Å². The number of rotatable bonds is 4. The first-order valence-corrected chi connectivity index (χ1v) is 9.68. The standard InChI is InChI=1S/C22H26N2O3/c1-23(22(25)21-16-26-19-7-3-4-8-20(19)27-21)15-17-9-11-18(12-10-17)24-13-5-2-6-14-24/h3-4,7-12,21H,2,5-6,13-16H2,1H3. The van der Waals surface area contributed by atoms with Gasteiger partial charge in [0.05, 0.1) is 0 Å². The number of amides is 1. The summed E-state index contributed by atoms with van der Waals surface area (Å²) in [5.41, 5.74) is 2.39. The van der Waals surface area contributed by atoms with Gasteiger partial charge in [-0.1, -0.05) is 24.3 Å². The minimum atomic E-state index is -0.600. The van der Waals surface area contributed by atoms with Gasteiger partial charge in [0.1, 0.15) is 6.61 Å². The normalized spacial score (nSPS) is 18.9. The Balaban J connectivity index is 1.36. The summed E-state index contributed by atoms with van der Waals surface area (Å²) in [6.07, 6.45) is 3.27. The van der Waals surface area contributed by atoms with Gasteiger partial charge < -0.3 is 19.3 Å². The van der Waals surface area contributed by atoms with Crippen molar-refractivity contribution < 1.29 is 14.3 Å². The van der Waals surface area contributed by atoms with Gasteiger partial charge in [0.2, 0.25) is 6.10 Å². The second kappa shape index (κ2) is 7.91. The quantitative estimate of drug-likeness (QED) is 0.831. The Hall–Kier alpha value is -2.69. The second-order valence-corrected chi connectivity index (χ2v) is 7.27. The number of carbonyl (C=O) groups is 1. The van der Waals surface area contributed by atoms with Crippen LogP contribution in [0.1, 0.15) is 24.8 Å². The molecule has 0 bridgehead atoms. The molecule has 27 heavy (non-hydrogen) atoms. The van der Waals surface area contributed by atoms with Gasteiger partial charge in [0.15, 0.2) is 11.5 Å². The van der Waals surface area contributed by atoms with Gasteiger partial charge in [0.25, 0.3) is 5.91 Å². The topological polar surface area (TPSA) is 42.0 Å². The molecule has 2 aromatic carbocycles. The molecule has 1 fully saturated rings. The van der Waals surface area contributed by atoms with Crippen LogP contribution in [0.25, 0.3) is 0 Å². The zero-order valence-electron chi connectivity index (χ0n) is 15.8. The molecule has 0 aliphatic carbocycles. The first-order valence-electron chi connectivity index (χ1n) is 9.68. The van der Waals surface area contributed by atoms with Crippen LogP contribution in [0, 0.1) is 0 Å². The molecular formula is C22H26N2O3. The van der Waals surface area contributed by atoms with Gasteiger partial charge >= 0.3 is 0 Å². The van der Waals surface area contributed by atoms with E-state index in [4.69, 9.17) is 9.47 Å². The molecule has 0 radical (unpaired) electrons. The molecule has 2 aliphatic heterocycles. The molecule has 0 saturated carbocycles. The Morgan fingerprint density at radius 1 is 1.04 bits per heavy atom. The smallest absolute Gasteiger partial charge is 0.267 e. The van der Waals surface area contributed by atoms with Crippen molar-refractivity contribution in [2.24, 2.45) is 0 Å². The predicted octanol–water partition coefficient (Wildman–Crippen LogP) is 3.48. The minimum Gasteiger partial charge on any atom is -0.485 e. The number of hydrogen-bond acceptors (Lipinski definition) is 4. The van der Waals surface area contributed by atoms with E-state index in [-0.39, 0.29) is 12.5 Å². The van der Waals surface area contributed by atoms with E-state index in [1.54, 1.807) is 4.90 Å². The van der Waals surface area contributed by atoms with Crippen molar-refractivity contribution in [3.8, 4) is 11.5 Å². The van der Waals surface area contributed by atoms with Crippen molar-refractivity contribution in [1.82, 2.24) is 4.90 Å². The molecule has 1 unspecified atom stereocenters. The largest absolute Gasteiger partial charge is 0.485 e. The second-order valence-electron chi connectivity index (χ2n) is 7.27. The van der Waals surface area contributed by atoms with Crippen LogP contribution >= 0.6 is 0 Å². The number of piperidine rings is 1. The summed E-state index contributed by atoms with van der Waals surface area (Å²) in [7, 11) is 1.81. The molecule has 2 heterocycles. The summed E-state index contributed by atoms with van der Waals surface area (Å²) < 4.78 is 11.5. The van der Waals surface area contributed by atoms with E-state index in [0.29, 0.717) is 18.0 Å². The monoisotopic (exact) mass is 366 g/mol. The zero-order chi connectivity index (χ0) is 18.6. The van der Waals surface area contributed by atoms with Crippen LogP contribution < -0.4 is 14.4 Å². The van der Waals surface area contributed by atoms with Gasteiger partial charge in [-0.25, -0.2) is 0 Å². The van der Waals surface area contributed by atoms with E-state index in [2.05, 4.69) is 29.2 Å². The third-order valence-electron chi connectivity index (χ3n) is 5.24. The lowest BCUT2D eigenvalue weighted by Crippen LogP contribution is -2.44. The molecule has 2 aromatic rings. The zero-order valence-corrected chi connectivity index (χ0v) is 15.8. The molecular weight excluding hydrogens is 340 g/mol. The Bertz CT molecular complexity index is 784. The fourth-order valence-electron chi connectivity index (χ4n) is 3.70. The third kappa shape index (κ3) is 4.02. The van der Waals surface area contributed by atoms with Gasteiger partial charge in [0, 0.05) is 32.4 Å². The third-order valence-corrected chi connectivity index (χ3v) is 5.24. The van der Waals surface area contributed by atoms with E-state index in [1.807, 2.05) is 31.3 Å². The fourth-order valence-corrected chi connectivity index (χ4v) is 3.70. The van der Waals surface area contributed by atoms with Gasteiger partial charge in [-0.2, -0.15) is 0 Å². The molecule has 1 saturated heterocycles. The molecule has 0 N–H and O–H groups in total. The summed E-state index contributed by atoms with van der Waals surface area (Å²) in [6.45, 7) is 3.07. The van der Waals surface area contributed by atoms with E-state index in [1.165, 1.54) is 24.9 Å². The molecule has 5 nitrogen and oxygen atoms in total. The summed E-state index contributed by atoms with van der Waals surface area (Å²) in [6, 6.07) is 16.0. The van der Waals surface area contributed by atoms with Gasteiger partial charge in [-0.15, -0.1) is 0 Å². The highest BCUT2D eigenvalue weighted by Gasteiger charge is 2.29. The number of anilines is 1. The maximum Gasteiger partial charge on any atom is 0.267 e. The number of fused-ring (bicyclic) bond motifs is 1. The maximum atomic E-state index is 12.7. The predicted molar refractivity (Wildman–Crippen MR) is 105 cm³/mol. The lowest BCUT2D eigenvalue weighted by molar-refractivity contribution is -0.140. The van der Waals surface area contributed by atoms with Crippen LogP contribution in [0.15, 0.2) is 48.5 Å². The highest BCUT2D eigenvalue weighted by Crippen LogP contribution is 2.31. The van der Waals surface area contributed by atoms with Crippen molar-refractivity contribution in [1.29, 1.82) is 0 Å². The molecule has 0 spiro atoms. The van der Waals surface area contributed by atoms with Gasteiger partial charge in [-0.3, -0.25) is 4.79 Å². The molecule has 2 aliphatic rings. The molecule has 0 aromatic heterocycles. The number of carbonyl (C=O) groups excluding carboxylic acids is 1. The highest BCUT2D eigenvalue weighted by atomic mass is 16.6. The SMILES string of the molecule is CN(Cc1ccc(N2CCCCC2)cc1)C(=O)C1COc2ccccc2O1. The van der Waals surface area contributed by atoms with Crippen molar-refractivity contribution in [2.45, 2.75) is 31.9 Å². The first-order chi connectivity index (χ1) is 13.2. The first kappa shape index (κ1) is 17.7. The number of ether oxygens (including phenoxy) is 2. The lowest BCUT2D eigenvalue weighted by atomic mass is 10.1. The average Bonchev–Trinajstić information content (AvgIpc) is 2.74. The highest BCUT2D eigenvalue weighted by molar-refractivity contribution is 5.81. The van der Waals surface area contributed by atoms with Crippen LogP contribution in [-0.2, 0) is 11.3 Å². The molecule has 4 rings (SSSR count). The van der Waals surface area contributed by atoms with Crippen LogP contribution in [-0.4, -0.2) is 43.7 Å². The number of para-hydroxylation sites is 2. The van der Waals surface area contributed by atoms with Crippen LogP contribution in [0.2, 0.25) is 0 Å². The molecule has 142 valence electrons. The lowest BCUT2D eigenvalue weighted by Gasteiger charge is -2.30. The van der Waals surface area contributed by atoms with E-state index in [9.17, 15) is 4.79 Å². The van der Waals surface area contributed by atoms with Crippen LogP contribution in [0.4, 0.5) is 5.69 Å². The van der Waals surface area contributed by atoms with Gasteiger partial charge in [-0.05, 0) is 49.1 Å². The number of likely N-dealkylation sites (N-methyl/N-ethyl adjacent to an activating group) is 1. The Kier molecular flexibility index (Phi) is 5.19. The van der Waals surface area contributed by atoms with E-state index >= 15 is 0 Å². The summed E-state index contributed by atoms with van der Waals surface area (Å²) in [5, 5.41) is 0. The van der Waals surface area contributed by atoms with Crippen LogP contribution in [0.5, 0.6) is 11.5 Å². The molecule has 5 heteroatoms. The maximum absolute atomic E-state index is 12.7. The van der Waals surface area contributed by atoms with Crippen molar-refractivity contribution in [2.75, 3.05) is 31.6 Å². The van der Waals surface area contributed by atoms with Crippen LogP contribution in [0.3, 0.4) is 0 Å². The Labute approximate surface area is 160 Å². The number of hydrogen-bond donors (Lipinski definition) is 0. The number of nitrogens with zero attached hydrogens (tertiary/aromatic N) is 2. The summed E-state index contributed by atoms with van der Waals surface area (Å²) in [4.78, 5) is 16.9. The fraction of sp³-hybridized carbons (Fsp3) is 0.409. The molecule has 1 amide bonds. The summed E-state index contributed by atoms with van der Waals surface area (Å²) >= 11 is 0. The van der Waals surface area contributed by atoms with E-state index in [0.717, 1.165) is 18.7 Å². The van der Waals surface area contributed by atoms with E-state index < -0.39 is 6.10 Å². The average molecular weight is 366 g/mol.